The molecule has 1 saturated heterocycles. The molecule has 2 N–H and O–H groups in total. The molecule has 0 saturated carbocycles. The normalized spacial score (nSPS) is 15.5. The van der Waals surface area contributed by atoms with Gasteiger partial charge in [-0.2, -0.15) is 0 Å². The lowest BCUT2D eigenvalue weighted by Crippen LogP contribution is -2.38. The van der Waals surface area contributed by atoms with E-state index in [0.717, 1.165) is 97.3 Å². The van der Waals surface area contributed by atoms with Gasteiger partial charge in [-0.15, -0.1) is 24.0 Å². The maximum Gasteiger partial charge on any atom is 0.191 e. The molecule has 0 aliphatic carbocycles. The van der Waals surface area contributed by atoms with Crippen molar-refractivity contribution in [2.45, 2.75) is 52.4 Å². The summed E-state index contributed by atoms with van der Waals surface area (Å²) in [5, 5.41) is 6.64. The number of guanidine groups is 1. The van der Waals surface area contributed by atoms with Gasteiger partial charge in [0, 0.05) is 59.3 Å². The quantitative estimate of drug-likeness (QED) is 0.171. The van der Waals surface area contributed by atoms with E-state index in [1.54, 1.807) is 0 Å². The van der Waals surface area contributed by atoms with E-state index in [4.69, 9.17) is 14.2 Å². The van der Waals surface area contributed by atoms with Crippen molar-refractivity contribution in [3.05, 3.63) is 0 Å². The Kier molecular flexibility index (Phi) is 19.5. The van der Waals surface area contributed by atoms with Crippen LogP contribution in [0.15, 0.2) is 4.99 Å². The van der Waals surface area contributed by atoms with Crippen molar-refractivity contribution < 1.29 is 14.2 Å². The Morgan fingerprint density at radius 2 is 1.73 bits per heavy atom. The molecule has 0 bridgehead atoms. The van der Waals surface area contributed by atoms with Gasteiger partial charge in [-0.05, 0) is 44.9 Å². The number of hydrogen-bond acceptors (Lipinski definition) is 4. The van der Waals surface area contributed by atoms with Crippen molar-refractivity contribution in [1.82, 2.24) is 10.6 Å². The summed E-state index contributed by atoms with van der Waals surface area (Å²) in [7, 11) is 0. The molecule has 0 spiro atoms. The van der Waals surface area contributed by atoms with E-state index >= 15 is 0 Å². The van der Waals surface area contributed by atoms with Crippen LogP contribution in [0.25, 0.3) is 0 Å². The number of nitrogens with zero attached hydrogens (tertiary/aromatic N) is 1. The molecule has 0 aromatic rings. The fourth-order valence-electron chi connectivity index (χ4n) is 2.59. The van der Waals surface area contributed by atoms with Crippen LogP contribution >= 0.6 is 24.0 Å². The summed E-state index contributed by atoms with van der Waals surface area (Å²) in [6.07, 6.45) is 6.56. The van der Waals surface area contributed by atoms with E-state index in [-0.39, 0.29) is 24.0 Å². The molecule has 0 aromatic heterocycles. The summed E-state index contributed by atoms with van der Waals surface area (Å²) in [5.74, 6) is 1.57. The Bertz CT molecular complexity index is 327. The zero-order valence-electron chi connectivity index (χ0n) is 16.8. The van der Waals surface area contributed by atoms with Crippen LogP contribution in [0, 0.1) is 5.92 Å². The Morgan fingerprint density at radius 1 is 1.00 bits per heavy atom. The van der Waals surface area contributed by atoms with E-state index in [2.05, 4.69) is 29.5 Å². The van der Waals surface area contributed by atoms with Gasteiger partial charge in [0.25, 0.3) is 0 Å². The lowest BCUT2D eigenvalue weighted by atomic mass is 10.0. The minimum absolute atomic E-state index is 0. The molecule has 1 aliphatic heterocycles. The molecule has 7 heteroatoms. The monoisotopic (exact) mass is 485 g/mol. The molecule has 156 valence electrons. The number of nitrogens with one attached hydrogen (secondary N) is 2. The number of hydrogen-bond donors (Lipinski definition) is 2. The number of unbranched alkanes of at least 4 members (excludes halogenated alkanes) is 1. The zero-order chi connectivity index (χ0) is 18.0. The lowest BCUT2D eigenvalue weighted by molar-refractivity contribution is 0.0205. The van der Waals surface area contributed by atoms with Crippen LogP contribution in [0.1, 0.15) is 52.4 Å². The third-order valence-electron chi connectivity index (χ3n) is 4.16. The molecule has 1 rings (SSSR count). The fraction of sp³-hybridized carbons (Fsp3) is 0.947. The first kappa shape index (κ1) is 25.9. The molecule has 0 aromatic carbocycles. The number of rotatable bonds is 14. The molecule has 0 radical (unpaired) electrons. The number of ether oxygens (including phenoxy) is 3. The van der Waals surface area contributed by atoms with Gasteiger partial charge in [0.05, 0.1) is 0 Å². The predicted molar refractivity (Wildman–Crippen MR) is 119 cm³/mol. The highest BCUT2D eigenvalue weighted by molar-refractivity contribution is 14.0. The highest BCUT2D eigenvalue weighted by Crippen LogP contribution is 2.14. The van der Waals surface area contributed by atoms with Crippen molar-refractivity contribution >= 4 is 29.9 Å². The molecule has 1 aliphatic rings. The van der Waals surface area contributed by atoms with Gasteiger partial charge < -0.3 is 24.8 Å². The van der Waals surface area contributed by atoms with E-state index in [1.165, 1.54) is 6.42 Å². The van der Waals surface area contributed by atoms with Gasteiger partial charge in [0.1, 0.15) is 0 Å². The standard InChI is InChI=1S/C19H39N3O3.HI/c1-3-5-12-23-13-6-10-21-19(20-4-2)22-11-7-14-25-17-18-8-15-24-16-9-18;/h18H,3-17H2,1-2H3,(H2,20,21,22);1H. The first-order chi connectivity index (χ1) is 12.4. The smallest absolute Gasteiger partial charge is 0.191 e. The second-order valence-corrected chi connectivity index (χ2v) is 6.49. The Balaban J connectivity index is 0.00000625. The average Bonchev–Trinajstić information content (AvgIpc) is 2.64. The van der Waals surface area contributed by atoms with Gasteiger partial charge in [-0.1, -0.05) is 13.3 Å². The largest absolute Gasteiger partial charge is 0.381 e. The van der Waals surface area contributed by atoms with Gasteiger partial charge in [-0.3, -0.25) is 4.99 Å². The highest BCUT2D eigenvalue weighted by atomic mass is 127. The van der Waals surface area contributed by atoms with Gasteiger partial charge in [0.2, 0.25) is 0 Å². The van der Waals surface area contributed by atoms with Crippen molar-refractivity contribution in [3.8, 4) is 0 Å². The number of halogens is 1. The maximum absolute atomic E-state index is 5.78. The van der Waals surface area contributed by atoms with Crippen molar-refractivity contribution in [2.24, 2.45) is 10.9 Å². The minimum Gasteiger partial charge on any atom is -0.381 e. The van der Waals surface area contributed by atoms with E-state index in [9.17, 15) is 0 Å². The van der Waals surface area contributed by atoms with Gasteiger partial charge >= 0.3 is 0 Å². The minimum atomic E-state index is 0. The topological polar surface area (TPSA) is 64.1 Å². The third kappa shape index (κ3) is 15.0. The van der Waals surface area contributed by atoms with Crippen LogP contribution in [0.5, 0.6) is 0 Å². The second-order valence-electron chi connectivity index (χ2n) is 6.49. The van der Waals surface area contributed by atoms with Crippen LogP contribution in [0.2, 0.25) is 0 Å². The van der Waals surface area contributed by atoms with Crippen LogP contribution < -0.4 is 10.6 Å². The van der Waals surface area contributed by atoms with Crippen LogP contribution in [-0.4, -0.2) is 65.2 Å². The van der Waals surface area contributed by atoms with Crippen molar-refractivity contribution in [1.29, 1.82) is 0 Å². The van der Waals surface area contributed by atoms with E-state index < -0.39 is 0 Å². The molecule has 0 atom stereocenters. The van der Waals surface area contributed by atoms with Crippen LogP contribution in [-0.2, 0) is 14.2 Å². The van der Waals surface area contributed by atoms with Crippen molar-refractivity contribution in [2.75, 3.05) is 59.3 Å². The second kappa shape index (κ2) is 19.6. The molecule has 1 heterocycles. The summed E-state index contributed by atoms with van der Waals surface area (Å²) in [6.45, 7) is 11.9. The Morgan fingerprint density at radius 3 is 2.46 bits per heavy atom. The molecule has 6 nitrogen and oxygen atoms in total. The molecule has 0 amide bonds. The Hall–Kier alpha value is -0.120. The maximum atomic E-state index is 5.78. The third-order valence-corrected chi connectivity index (χ3v) is 4.16. The number of aliphatic imine (C=N–C) groups is 1. The van der Waals surface area contributed by atoms with Crippen molar-refractivity contribution in [3.63, 3.8) is 0 Å². The molecular formula is C19H40IN3O3. The summed E-state index contributed by atoms with van der Waals surface area (Å²) in [5.41, 5.74) is 0. The average molecular weight is 485 g/mol. The zero-order valence-corrected chi connectivity index (χ0v) is 19.1. The van der Waals surface area contributed by atoms with Gasteiger partial charge in [0.15, 0.2) is 5.96 Å². The van der Waals surface area contributed by atoms with Crippen LogP contribution in [0.4, 0.5) is 0 Å². The van der Waals surface area contributed by atoms with Crippen LogP contribution in [0.3, 0.4) is 0 Å². The Labute approximate surface area is 177 Å². The van der Waals surface area contributed by atoms with E-state index in [0.29, 0.717) is 5.92 Å². The summed E-state index contributed by atoms with van der Waals surface area (Å²) >= 11 is 0. The molecular weight excluding hydrogens is 445 g/mol. The summed E-state index contributed by atoms with van der Waals surface area (Å²) in [6, 6.07) is 0. The molecule has 0 unspecified atom stereocenters. The van der Waals surface area contributed by atoms with E-state index in [1.807, 2.05) is 0 Å². The van der Waals surface area contributed by atoms with Gasteiger partial charge in [-0.25, -0.2) is 0 Å². The molecule has 1 fully saturated rings. The summed E-state index contributed by atoms with van der Waals surface area (Å²) in [4.78, 5) is 4.60. The molecule has 26 heavy (non-hydrogen) atoms. The summed E-state index contributed by atoms with van der Waals surface area (Å²) < 4.78 is 16.7. The first-order valence-corrected chi connectivity index (χ1v) is 10.1. The lowest BCUT2D eigenvalue weighted by Gasteiger charge is -2.21. The predicted octanol–water partition coefficient (Wildman–Crippen LogP) is 3.20. The highest BCUT2D eigenvalue weighted by Gasteiger charge is 2.13. The first-order valence-electron chi connectivity index (χ1n) is 10.1. The fourth-order valence-corrected chi connectivity index (χ4v) is 2.59. The SMILES string of the molecule is CCCCOCCCNC(=NCCCOCC1CCOCC1)NCC.I.